The number of hydrogen-bond donors (Lipinski definition) is 3. The molecule has 1 atom stereocenters. The van der Waals surface area contributed by atoms with Crippen molar-refractivity contribution in [3.8, 4) is 0 Å². The van der Waals surface area contributed by atoms with E-state index < -0.39 is 0 Å². The molecule has 3 amide bonds. The average molecular weight is 400 g/mol. The van der Waals surface area contributed by atoms with E-state index in [1.54, 1.807) is 0 Å². The number of nitrogens with one attached hydrogen (secondary N) is 3. The number of carbonyl (C=O) groups is 2. The van der Waals surface area contributed by atoms with Crippen LogP contribution in [0.1, 0.15) is 77.6 Å². The third-order valence-electron chi connectivity index (χ3n) is 9.72. The predicted molar refractivity (Wildman–Crippen MR) is 111 cm³/mol. The van der Waals surface area contributed by atoms with Crippen LogP contribution in [0.2, 0.25) is 0 Å². The second kappa shape index (κ2) is 6.70. The Labute approximate surface area is 174 Å². The standard InChI is InChI=1S/C24H37N3O2/c1-13(25-21-19-6-14-2-15(8-19)9-20(21)7-14)22(28)26-23(29)27-24-10-16-3-17(11-24)5-18(4-16)12-24/h13-21,25H,2-12H2,1H3,(H2,26,27,28,29)/t13-,14?,15?,16?,17?,18?,19?,20?,21?,24?/m0/s1. The van der Waals surface area contributed by atoms with Gasteiger partial charge in [-0.05, 0) is 119 Å². The van der Waals surface area contributed by atoms with Crippen molar-refractivity contribution in [1.82, 2.24) is 16.0 Å². The molecule has 5 nitrogen and oxygen atoms in total. The Balaban J connectivity index is 1.04. The minimum atomic E-state index is -0.306. The average Bonchev–Trinajstić information content (AvgIpc) is 2.62. The summed E-state index contributed by atoms with van der Waals surface area (Å²) in [6.07, 6.45) is 14.2. The topological polar surface area (TPSA) is 70.2 Å². The van der Waals surface area contributed by atoms with E-state index in [0.29, 0.717) is 6.04 Å². The molecule has 0 spiro atoms. The van der Waals surface area contributed by atoms with E-state index in [9.17, 15) is 9.59 Å². The van der Waals surface area contributed by atoms with Crippen LogP contribution in [0, 0.1) is 41.4 Å². The second-order valence-electron chi connectivity index (χ2n) is 12.0. The Morgan fingerprint density at radius 3 is 1.76 bits per heavy atom. The Hall–Kier alpha value is -1.10. The highest BCUT2D eigenvalue weighted by molar-refractivity contribution is 5.97. The summed E-state index contributed by atoms with van der Waals surface area (Å²) in [6, 6.07) is -0.106. The summed E-state index contributed by atoms with van der Waals surface area (Å²) in [5.41, 5.74) is -0.0444. The first-order valence-electron chi connectivity index (χ1n) is 12.3. The lowest BCUT2D eigenvalue weighted by atomic mass is 9.53. The molecular weight excluding hydrogens is 362 g/mol. The van der Waals surface area contributed by atoms with Crippen molar-refractivity contribution in [2.75, 3.05) is 0 Å². The van der Waals surface area contributed by atoms with E-state index in [-0.39, 0.29) is 23.5 Å². The van der Waals surface area contributed by atoms with Gasteiger partial charge in [0.1, 0.15) is 0 Å². The van der Waals surface area contributed by atoms with Crippen LogP contribution in [0.4, 0.5) is 4.79 Å². The fraction of sp³-hybridized carbons (Fsp3) is 0.917. The van der Waals surface area contributed by atoms with E-state index >= 15 is 0 Å². The van der Waals surface area contributed by atoms with Crippen LogP contribution < -0.4 is 16.0 Å². The van der Waals surface area contributed by atoms with Gasteiger partial charge in [0.2, 0.25) is 5.91 Å². The third kappa shape index (κ3) is 3.32. The maximum atomic E-state index is 12.8. The number of imide groups is 1. The van der Waals surface area contributed by atoms with Gasteiger partial charge in [-0.3, -0.25) is 10.1 Å². The summed E-state index contributed by atoms with van der Waals surface area (Å²) in [7, 11) is 0. The summed E-state index contributed by atoms with van der Waals surface area (Å²) >= 11 is 0. The van der Waals surface area contributed by atoms with Crippen molar-refractivity contribution in [3.05, 3.63) is 0 Å². The van der Waals surface area contributed by atoms with Crippen molar-refractivity contribution in [1.29, 1.82) is 0 Å². The molecule has 0 aromatic heterocycles. The van der Waals surface area contributed by atoms with Gasteiger partial charge in [0, 0.05) is 11.6 Å². The molecule has 0 saturated heterocycles. The molecule has 0 aliphatic heterocycles. The molecule has 0 radical (unpaired) electrons. The monoisotopic (exact) mass is 399 g/mol. The van der Waals surface area contributed by atoms with Crippen molar-refractivity contribution < 1.29 is 9.59 Å². The van der Waals surface area contributed by atoms with Crippen LogP contribution in [0.15, 0.2) is 0 Å². The SMILES string of the molecule is C[C@H](NC1C2CC3CC(C2)CC1C3)C(=O)NC(=O)NC12CC3CC(CC(C3)C1)C2. The minimum absolute atomic E-state index is 0.0444. The normalized spacial score (nSPS) is 49.8. The van der Waals surface area contributed by atoms with E-state index in [1.807, 2.05) is 6.92 Å². The Morgan fingerprint density at radius 1 is 0.759 bits per heavy atom. The molecule has 0 aromatic rings. The molecule has 8 bridgehead atoms. The minimum Gasteiger partial charge on any atom is -0.332 e. The maximum absolute atomic E-state index is 12.8. The van der Waals surface area contributed by atoms with Crippen molar-refractivity contribution in [3.63, 3.8) is 0 Å². The highest BCUT2D eigenvalue weighted by Gasteiger charge is 2.52. The van der Waals surface area contributed by atoms with Crippen molar-refractivity contribution >= 4 is 11.9 Å². The molecule has 0 heterocycles. The second-order valence-corrected chi connectivity index (χ2v) is 12.0. The highest BCUT2D eigenvalue weighted by atomic mass is 16.2. The molecule has 29 heavy (non-hydrogen) atoms. The molecule has 0 aromatic carbocycles. The lowest BCUT2D eigenvalue weighted by Gasteiger charge is -2.56. The fourth-order valence-electron chi connectivity index (χ4n) is 9.32. The van der Waals surface area contributed by atoms with Crippen LogP contribution >= 0.6 is 0 Å². The van der Waals surface area contributed by atoms with Crippen LogP contribution in [0.3, 0.4) is 0 Å². The summed E-state index contributed by atoms with van der Waals surface area (Å²) in [5, 5.41) is 9.58. The zero-order valence-electron chi connectivity index (χ0n) is 17.8. The molecule has 8 aliphatic rings. The van der Waals surface area contributed by atoms with Gasteiger partial charge in [0.05, 0.1) is 6.04 Å². The molecule has 8 saturated carbocycles. The molecule has 8 aliphatic carbocycles. The zero-order chi connectivity index (χ0) is 19.8. The lowest BCUT2D eigenvalue weighted by Crippen LogP contribution is -2.63. The first-order chi connectivity index (χ1) is 13.9. The Kier molecular flexibility index (Phi) is 4.31. The number of urea groups is 1. The predicted octanol–water partition coefficient (Wildman–Crippen LogP) is 3.58. The number of rotatable bonds is 4. The molecule has 160 valence electrons. The molecule has 0 unspecified atom stereocenters. The van der Waals surface area contributed by atoms with Gasteiger partial charge >= 0.3 is 6.03 Å². The van der Waals surface area contributed by atoms with Gasteiger partial charge in [-0.1, -0.05) is 0 Å². The molecule has 8 fully saturated rings. The van der Waals surface area contributed by atoms with Gasteiger partial charge in [0.25, 0.3) is 0 Å². The summed E-state index contributed by atoms with van der Waals surface area (Å²) in [5.74, 6) is 5.54. The van der Waals surface area contributed by atoms with E-state index in [2.05, 4.69) is 16.0 Å². The van der Waals surface area contributed by atoms with Gasteiger partial charge in [-0.25, -0.2) is 4.79 Å². The van der Waals surface area contributed by atoms with Gasteiger partial charge in [-0.2, -0.15) is 0 Å². The first-order valence-corrected chi connectivity index (χ1v) is 12.3. The van der Waals surface area contributed by atoms with Crippen LogP contribution in [-0.2, 0) is 4.79 Å². The molecule has 3 N–H and O–H groups in total. The maximum Gasteiger partial charge on any atom is 0.321 e. The summed E-state index contributed by atoms with van der Waals surface area (Å²) in [4.78, 5) is 25.5. The molecular formula is C24H37N3O2. The molecule has 8 rings (SSSR count). The van der Waals surface area contributed by atoms with Crippen LogP contribution in [-0.4, -0.2) is 29.6 Å². The van der Waals surface area contributed by atoms with Crippen molar-refractivity contribution in [2.24, 2.45) is 41.4 Å². The largest absolute Gasteiger partial charge is 0.332 e. The van der Waals surface area contributed by atoms with Crippen LogP contribution in [0.5, 0.6) is 0 Å². The van der Waals surface area contributed by atoms with E-state index in [0.717, 1.165) is 60.7 Å². The quantitative estimate of drug-likeness (QED) is 0.677. The number of amides is 3. The Morgan fingerprint density at radius 2 is 1.24 bits per heavy atom. The first kappa shape index (κ1) is 18.7. The van der Waals surface area contributed by atoms with Crippen molar-refractivity contribution in [2.45, 2.75) is 95.2 Å². The smallest absolute Gasteiger partial charge is 0.321 e. The van der Waals surface area contributed by atoms with Gasteiger partial charge in [-0.15, -0.1) is 0 Å². The fourth-order valence-corrected chi connectivity index (χ4v) is 9.32. The van der Waals surface area contributed by atoms with Gasteiger partial charge < -0.3 is 10.6 Å². The van der Waals surface area contributed by atoms with Gasteiger partial charge in [0.15, 0.2) is 0 Å². The lowest BCUT2D eigenvalue weighted by molar-refractivity contribution is -0.122. The highest BCUT2D eigenvalue weighted by Crippen LogP contribution is 2.56. The Bertz CT molecular complexity index is 641. The van der Waals surface area contributed by atoms with Crippen LogP contribution in [0.25, 0.3) is 0 Å². The number of hydrogen-bond acceptors (Lipinski definition) is 3. The summed E-state index contributed by atoms with van der Waals surface area (Å²) in [6.45, 7) is 1.93. The van der Waals surface area contributed by atoms with E-state index in [4.69, 9.17) is 0 Å². The molecule has 5 heteroatoms. The third-order valence-corrected chi connectivity index (χ3v) is 9.72. The summed E-state index contributed by atoms with van der Waals surface area (Å²) < 4.78 is 0. The zero-order valence-corrected chi connectivity index (χ0v) is 17.8. The van der Waals surface area contributed by atoms with E-state index in [1.165, 1.54) is 51.4 Å². The number of carbonyl (C=O) groups excluding carboxylic acids is 2.